The number of carbonyl (C=O) groups excluding carboxylic acids is 2. The van der Waals surface area contributed by atoms with Crippen molar-refractivity contribution >= 4 is 22.0 Å². The van der Waals surface area contributed by atoms with Gasteiger partial charge in [0, 0.05) is 26.2 Å². The van der Waals surface area contributed by atoms with Crippen molar-refractivity contribution in [3.8, 4) is 5.75 Å². The normalized spacial score (nSPS) is 16.8. The quantitative estimate of drug-likeness (QED) is 0.0829. The number of hydrogen-bond acceptors (Lipinski definition) is 8. The summed E-state index contributed by atoms with van der Waals surface area (Å²) < 4.78 is 38.8. The molecule has 1 aliphatic carbocycles. The molecule has 11 nitrogen and oxygen atoms in total. The van der Waals surface area contributed by atoms with Crippen LogP contribution in [0.1, 0.15) is 73.4 Å². The van der Waals surface area contributed by atoms with Gasteiger partial charge in [0.25, 0.3) is 0 Å². The second-order valence-corrected chi connectivity index (χ2v) is 15.8. The van der Waals surface area contributed by atoms with Crippen molar-refractivity contribution in [1.82, 2.24) is 19.8 Å². The van der Waals surface area contributed by atoms with E-state index >= 15 is 0 Å². The molecule has 0 bridgehead atoms. The molecule has 0 heterocycles. The zero-order chi connectivity index (χ0) is 39.1. The fourth-order valence-electron chi connectivity index (χ4n) is 6.81. The number of nitrogens with one attached hydrogen (secondary N) is 2. The van der Waals surface area contributed by atoms with E-state index in [0.717, 1.165) is 39.4 Å². The van der Waals surface area contributed by atoms with Crippen LogP contribution in [-0.2, 0) is 32.6 Å². The van der Waals surface area contributed by atoms with Crippen LogP contribution in [0.2, 0.25) is 0 Å². The number of fused-ring (bicyclic) bond motifs is 1. The van der Waals surface area contributed by atoms with E-state index in [4.69, 9.17) is 9.47 Å². The van der Waals surface area contributed by atoms with Gasteiger partial charge in [-0.2, -0.15) is 4.31 Å². The van der Waals surface area contributed by atoms with E-state index in [9.17, 15) is 23.1 Å². The van der Waals surface area contributed by atoms with Crippen LogP contribution in [0.15, 0.2) is 104 Å². The number of ether oxygens (including phenoxy) is 2. The minimum absolute atomic E-state index is 0.0537. The highest BCUT2D eigenvalue weighted by atomic mass is 32.2. The predicted octanol–water partition coefficient (Wildman–Crippen LogP) is 6.08. The minimum Gasteiger partial charge on any atom is -0.497 e. The lowest BCUT2D eigenvalue weighted by molar-refractivity contribution is -0.126. The average molecular weight is 761 g/mol. The number of benzene rings is 3. The number of hydrogen-bond donors (Lipinski definition) is 3. The molecule has 2 amide bonds. The molecule has 0 saturated carbocycles. The van der Waals surface area contributed by atoms with Crippen molar-refractivity contribution in [1.29, 1.82) is 0 Å². The number of nitrogens with zero attached hydrogens (tertiary/aromatic N) is 2. The fourth-order valence-corrected chi connectivity index (χ4v) is 8.23. The topological polar surface area (TPSA) is 138 Å². The molecule has 292 valence electrons. The van der Waals surface area contributed by atoms with Gasteiger partial charge in [-0.25, -0.2) is 13.2 Å². The fraction of sp³-hybridized carbons (Fsp3) is 0.429. The van der Waals surface area contributed by atoms with Crippen molar-refractivity contribution in [3.63, 3.8) is 0 Å². The Morgan fingerprint density at radius 3 is 2.30 bits per heavy atom. The Balaban J connectivity index is 1.54. The Kier molecular flexibility index (Phi) is 16.3. The van der Waals surface area contributed by atoms with Gasteiger partial charge in [-0.3, -0.25) is 9.69 Å². The van der Waals surface area contributed by atoms with Crippen LogP contribution in [-0.4, -0.2) is 85.9 Å². The third-order valence-electron chi connectivity index (χ3n) is 9.87. The second kappa shape index (κ2) is 20.8. The van der Waals surface area contributed by atoms with E-state index in [0.29, 0.717) is 25.0 Å². The summed E-state index contributed by atoms with van der Waals surface area (Å²) in [5, 5.41) is 18.2. The predicted molar refractivity (Wildman–Crippen MR) is 212 cm³/mol. The van der Waals surface area contributed by atoms with Crippen LogP contribution < -0.4 is 15.4 Å². The summed E-state index contributed by atoms with van der Waals surface area (Å²) in [4.78, 5) is 29.1. The molecule has 0 radical (unpaired) electrons. The Bertz CT molecular complexity index is 1770. The van der Waals surface area contributed by atoms with E-state index in [1.165, 1.54) is 13.1 Å². The molecule has 54 heavy (non-hydrogen) atoms. The highest BCUT2D eigenvalue weighted by molar-refractivity contribution is 7.89. The maximum absolute atomic E-state index is 13.9. The molecule has 0 saturated heterocycles. The zero-order valence-electron chi connectivity index (χ0n) is 31.7. The lowest BCUT2D eigenvalue weighted by atomic mass is 9.99. The highest BCUT2D eigenvalue weighted by Gasteiger charge is 2.38. The molecule has 0 spiro atoms. The lowest BCUT2D eigenvalue weighted by Crippen LogP contribution is -2.55. The van der Waals surface area contributed by atoms with Gasteiger partial charge in [0.2, 0.25) is 15.9 Å². The van der Waals surface area contributed by atoms with E-state index in [1.807, 2.05) is 85.8 Å². The molecular weight excluding hydrogens is 705 g/mol. The maximum atomic E-state index is 13.9. The molecule has 0 aliphatic heterocycles. The number of likely N-dealkylation sites (N-methyl/N-ethyl adjacent to an activating group) is 1. The minimum atomic E-state index is -3.71. The third-order valence-corrected chi connectivity index (χ3v) is 11.8. The van der Waals surface area contributed by atoms with Crippen LogP contribution in [0.4, 0.5) is 4.79 Å². The van der Waals surface area contributed by atoms with Crippen molar-refractivity contribution in [3.05, 3.63) is 126 Å². The summed E-state index contributed by atoms with van der Waals surface area (Å²) in [7, 11) is -0.695. The van der Waals surface area contributed by atoms with Crippen LogP contribution in [0.25, 0.3) is 0 Å². The van der Waals surface area contributed by atoms with Crippen molar-refractivity contribution in [2.24, 2.45) is 0 Å². The summed E-state index contributed by atoms with van der Waals surface area (Å²) in [6.45, 7) is 10.1. The van der Waals surface area contributed by atoms with Gasteiger partial charge >= 0.3 is 6.09 Å². The Hall–Kier alpha value is -4.49. The highest BCUT2D eigenvalue weighted by Crippen LogP contribution is 2.44. The standard InChI is InChI=1S/C42H56N4O7S/c1-6-9-16-25-54(50,51)45(4)38(17-7-2)41(48)44-37(26-31-18-12-10-13-19-31)40(47)29-43-36-28-39(34-23-22-33(52-5)27-35(34)36)46(24-8-3)42(49)53-30-32-20-14-11-15-21-32/h7-8,10-15,18-23,27,36-40,43,47H,2-3,6,9,16-17,24-26,28-30H2,1,4-5H3,(H,44,48)/t36-,37+,38+,39+,40-/m1/s1. The number of aliphatic hydroxyl groups excluding tert-OH is 1. The number of amides is 2. The second-order valence-electron chi connectivity index (χ2n) is 13.6. The van der Waals surface area contributed by atoms with Gasteiger partial charge in [-0.1, -0.05) is 98.6 Å². The monoisotopic (exact) mass is 760 g/mol. The largest absolute Gasteiger partial charge is 0.497 e. The Morgan fingerprint density at radius 1 is 0.981 bits per heavy atom. The number of sulfonamides is 1. The van der Waals surface area contributed by atoms with Gasteiger partial charge in [-0.05, 0) is 60.1 Å². The number of unbranched alkanes of at least 4 members (excludes halogenated alkanes) is 2. The molecule has 3 aromatic carbocycles. The average Bonchev–Trinajstić information content (AvgIpc) is 3.54. The van der Waals surface area contributed by atoms with Crippen LogP contribution >= 0.6 is 0 Å². The smallest absolute Gasteiger partial charge is 0.410 e. The van der Waals surface area contributed by atoms with Gasteiger partial charge < -0.3 is 25.2 Å². The summed E-state index contributed by atoms with van der Waals surface area (Å²) >= 11 is 0. The molecule has 5 atom stereocenters. The van der Waals surface area contributed by atoms with Crippen LogP contribution in [0.5, 0.6) is 5.75 Å². The van der Waals surface area contributed by atoms with E-state index in [2.05, 4.69) is 23.8 Å². The van der Waals surface area contributed by atoms with Gasteiger partial charge in [0.1, 0.15) is 18.4 Å². The first-order valence-corrected chi connectivity index (χ1v) is 20.2. The Labute approximate surface area is 321 Å². The maximum Gasteiger partial charge on any atom is 0.410 e. The third kappa shape index (κ3) is 11.5. The van der Waals surface area contributed by atoms with E-state index in [1.54, 1.807) is 18.1 Å². The molecule has 0 unspecified atom stereocenters. The first-order valence-electron chi connectivity index (χ1n) is 18.6. The molecule has 4 rings (SSSR count). The van der Waals surface area contributed by atoms with E-state index < -0.39 is 40.2 Å². The number of carbonyl (C=O) groups is 2. The lowest BCUT2D eigenvalue weighted by Gasteiger charge is -2.31. The molecule has 1 aliphatic rings. The van der Waals surface area contributed by atoms with Crippen molar-refractivity contribution in [2.75, 3.05) is 33.0 Å². The first kappa shape index (κ1) is 42.3. The van der Waals surface area contributed by atoms with Crippen molar-refractivity contribution < 1.29 is 32.6 Å². The van der Waals surface area contributed by atoms with Crippen LogP contribution in [0.3, 0.4) is 0 Å². The van der Waals surface area contributed by atoms with E-state index in [-0.39, 0.29) is 44.0 Å². The molecule has 3 aromatic rings. The summed E-state index contributed by atoms with van der Waals surface area (Å²) in [5.41, 5.74) is 3.61. The van der Waals surface area contributed by atoms with Gasteiger partial charge in [0.05, 0.1) is 31.1 Å². The van der Waals surface area contributed by atoms with Crippen LogP contribution in [0, 0.1) is 0 Å². The molecule has 0 fully saturated rings. The van der Waals surface area contributed by atoms with Gasteiger partial charge in [0.15, 0.2) is 0 Å². The molecule has 3 N–H and O–H groups in total. The Morgan fingerprint density at radius 2 is 1.67 bits per heavy atom. The van der Waals surface area contributed by atoms with Crippen molar-refractivity contribution in [2.45, 2.75) is 82.3 Å². The molecular formula is C42H56N4O7S. The zero-order valence-corrected chi connectivity index (χ0v) is 32.5. The number of rotatable bonds is 22. The number of aliphatic hydroxyl groups is 1. The summed E-state index contributed by atoms with van der Waals surface area (Å²) in [6.07, 6.45) is 4.71. The molecule has 0 aromatic heterocycles. The number of methoxy groups -OCH3 is 1. The summed E-state index contributed by atoms with van der Waals surface area (Å²) in [6, 6.07) is 22.3. The first-order chi connectivity index (χ1) is 26.0. The SMILES string of the molecule is C=CC[C@@H](C(=O)N[C@@H](Cc1ccccc1)[C@H](O)CN[C@@H]1C[C@H](N(CC=C)C(=O)OCc2ccccc2)c2ccc(OC)cc21)N(C)S(=O)(=O)CCCCC. The molecule has 12 heteroatoms. The van der Waals surface area contributed by atoms with Gasteiger partial charge in [-0.15, -0.1) is 13.2 Å². The summed E-state index contributed by atoms with van der Waals surface area (Å²) in [5.74, 6) is 0.0865.